The lowest BCUT2D eigenvalue weighted by Gasteiger charge is -2.13. The van der Waals surface area contributed by atoms with Gasteiger partial charge in [-0.05, 0) is 61.6 Å². The highest BCUT2D eigenvalue weighted by atomic mass is 32.2. The lowest BCUT2D eigenvalue weighted by Crippen LogP contribution is -2.34. The van der Waals surface area contributed by atoms with Crippen molar-refractivity contribution < 1.29 is 22.7 Å². The Morgan fingerprint density at radius 2 is 1.80 bits per heavy atom. The standard InChI is InChI=1S/C20H25N3O5S2/c1-4-27-12-13-28-17-7-5-6-15(14-17)19(24)22-20(29)21-16-8-10-18(11-9-16)30(25,26)23(2)3/h5-11,14H,4,12-13H2,1-3H3,(H2,21,22,24,29). The SMILES string of the molecule is CCOCCOc1cccc(C(=O)NC(=S)Nc2ccc(S(=O)(=O)N(C)C)cc2)c1. The molecule has 2 aromatic rings. The highest BCUT2D eigenvalue weighted by Gasteiger charge is 2.16. The average Bonchev–Trinajstić information content (AvgIpc) is 2.71. The van der Waals surface area contributed by atoms with Gasteiger partial charge in [-0.3, -0.25) is 10.1 Å². The quantitative estimate of drug-likeness (QED) is 0.447. The van der Waals surface area contributed by atoms with E-state index in [2.05, 4.69) is 10.6 Å². The van der Waals surface area contributed by atoms with Gasteiger partial charge in [0.2, 0.25) is 10.0 Å². The van der Waals surface area contributed by atoms with Crippen molar-refractivity contribution in [3.05, 3.63) is 54.1 Å². The van der Waals surface area contributed by atoms with E-state index >= 15 is 0 Å². The third-order valence-corrected chi connectivity index (χ3v) is 5.95. The molecule has 0 aromatic heterocycles. The molecule has 0 spiro atoms. The fraction of sp³-hybridized carbons (Fsp3) is 0.300. The highest BCUT2D eigenvalue weighted by Crippen LogP contribution is 2.17. The number of ether oxygens (including phenoxy) is 2. The van der Waals surface area contributed by atoms with Gasteiger partial charge in [0.1, 0.15) is 12.4 Å². The maximum atomic E-state index is 12.4. The van der Waals surface area contributed by atoms with E-state index in [1.54, 1.807) is 36.4 Å². The van der Waals surface area contributed by atoms with Crippen LogP contribution in [0.5, 0.6) is 5.75 Å². The summed E-state index contributed by atoms with van der Waals surface area (Å²) in [7, 11) is -0.581. The van der Waals surface area contributed by atoms with Crippen LogP contribution in [-0.2, 0) is 14.8 Å². The molecule has 0 radical (unpaired) electrons. The number of amides is 1. The number of carbonyl (C=O) groups is 1. The van der Waals surface area contributed by atoms with E-state index < -0.39 is 15.9 Å². The molecular weight excluding hydrogens is 426 g/mol. The van der Waals surface area contributed by atoms with Gasteiger partial charge < -0.3 is 14.8 Å². The molecule has 30 heavy (non-hydrogen) atoms. The summed E-state index contributed by atoms with van der Waals surface area (Å²) < 4.78 is 36.1. The summed E-state index contributed by atoms with van der Waals surface area (Å²) in [5.41, 5.74) is 0.937. The van der Waals surface area contributed by atoms with Gasteiger partial charge in [-0.25, -0.2) is 12.7 Å². The second kappa shape index (κ2) is 11.0. The van der Waals surface area contributed by atoms with Crippen LogP contribution in [0.3, 0.4) is 0 Å². The molecule has 2 rings (SSSR count). The monoisotopic (exact) mass is 451 g/mol. The highest BCUT2D eigenvalue weighted by molar-refractivity contribution is 7.89. The Kier molecular flexibility index (Phi) is 8.72. The molecule has 1 amide bonds. The van der Waals surface area contributed by atoms with E-state index in [1.807, 2.05) is 6.92 Å². The summed E-state index contributed by atoms with van der Waals surface area (Å²) in [5.74, 6) is 0.161. The molecule has 10 heteroatoms. The third kappa shape index (κ3) is 6.77. The number of hydrogen-bond donors (Lipinski definition) is 2. The lowest BCUT2D eigenvalue weighted by atomic mass is 10.2. The van der Waals surface area contributed by atoms with Gasteiger partial charge in [0, 0.05) is 32.0 Å². The van der Waals surface area contributed by atoms with Gasteiger partial charge >= 0.3 is 0 Å². The third-order valence-electron chi connectivity index (χ3n) is 3.91. The van der Waals surface area contributed by atoms with Crippen molar-refractivity contribution in [2.24, 2.45) is 0 Å². The molecule has 0 heterocycles. The first-order valence-electron chi connectivity index (χ1n) is 9.19. The number of anilines is 1. The number of nitrogens with zero attached hydrogens (tertiary/aromatic N) is 1. The Balaban J connectivity index is 1.94. The summed E-state index contributed by atoms with van der Waals surface area (Å²) in [6.07, 6.45) is 0. The summed E-state index contributed by atoms with van der Waals surface area (Å²) in [6, 6.07) is 12.8. The average molecular weight is 452 g/mol. The van der Waals surface area contributed by atoms with Crippen LogP contribution in [-0.4, -0.2) is 57.7 Å². The van der Waals surface area contributed by atoms with Crippen LogP contribution in [0, 0.1) is 0 Å². The second-order valence-corrected chi connectivity index (χ2v) is 8.85. The number of benzene rings is 2. The first-order valence-corrected chi connectivity index (χ1v) is 11.0. The maximum Gasteiger partial charge on any atom is 0.257 e. The van der Waals surface area contributed by atoms with Gasteiger partial charge in [0.05, 0.1) is 11.5 Å². The number of thiocarbonyl (C=S) groups is 1. The largest absolute Gasteiger partial charge is 0.491 e. The smallest absolute Gasteiger partial charge is 0.257 e. The number of sulfonamides is 1. The molecule has 0 aliphatic heterocycles. The Bertz CT molecular complexity index is 976. The van der Waals surface area contributed by atoms with E-state index in [-0.39, 0.29) is 10.0 Å². The van der Waals surface area contributed by atoms with Crippen LogP contribution >= 0.6 is 12.2 Å². The van der Waals surface area contributed by atoms with Gasteiger partial charge in [-0.1, -0.05) is 6.07 Å². The molecule has 0 bridgehead atoms. The summed E-state index contributed by atoms with van der Waals surface area (Å²) in [5, 5.41) is 5.53. The van der Waals surface area contributed by atoms with E-state index in [0.29, 0.717) is 36.8 Å². The van der Waals surface area contributed by atoms with Gasteiger partial charge in [-0.15, -0.1) is 0 Å². The Labute approximate surface area is 182 Å². The van der Waals surface area contributed by atoms with Crippen LogP contribution in [0.4, 0.5) is 5.69 Å². The fourth-order valence-electron chi connectivity index (χ4n) is 2.35. The molecule has 0 saturated carbocycles. The van der Waals surface area contributed by atoms with E-state index in [4.69, 9.17) is 21.7 Å². The molecule has 162 valence electrons. The maximum absolute atomic E-state index is 12.4. The minimum atomic E-state index is -3.51. The van der Waals surface area contributed by atoms with E-state index in [0.717, 1.165) is 4.31 Å². The predicted octanol–water partition coefficient (Wildman–Crippen LogP) is 2.48. The predicted molar refractivity (Wildman–Crippen MR) is 119 cm³/mol. The number of carbonyl (C=O) groups excluding carboxylic acids is 1. The molecular formula is C20H25N3O5S2. The van der Waals surface area contributed by atoms with Crippen molar-refractivity contribution in [3.8, 4) is 5.75 Å². The number of rotatable bonds is 9. The zero-order valence-corrected chi connectivity index (χ0v) is 18.7. The van der Waals surface area contributed by atoms with Crippen LogP contribution in [0.15, 0.2) is 53.4 Å². The minimum absolute atomic E-state index is 0.0888. The first kappa shape index (κ1) is 23.7. The van der Waals surface area contributed by atoms with E-state index in [9.17, 15) is 13.2 Å². The van der Waals surface area contributed by atoms with Crippen molar-refractivity contribution in [2.45, 2.75) is 11.8 Å². The van der Waals surface area contributed by atoms with Gasteiger partial charge in [-0.2, -0.15) is 0 Å². The minimum Gasteiger partial charge on any atom is -0.491 e. The molecule has 0 aliphatic rings. The van der Waals surface area contributed by atoms with Gasteiger partial charge in [0.25, 0.3) is 5.91 Å². The normalized spacial score (nSPS) is 11.2. The van der Waals surface area contributed by atoms with Crippen molar-refractivity contribution in [2.75, 3.05) is 39.2 Å². The molecule has 0 atom stereocenters. The van der Waals surface area contributed by atoms with E-state index in [1.165, 1.54) is 26.2 Å². The molecule has 0 aliphatic carbocycles. The van der Waals surface area contributed by atoms with Crippen LogP contribution in [0.1, 0.15) is 17.3 Å². The van der Waals surface area contributed by atoms with Gasteiger partial charge in [0.15, 0.2) is 5.11 Å². The molecule has 2 aromatic carbocycles. The summed E-state index contributed by atoms with van der Waals surface area (Å²) >= 11 is 5.17. The second-order valence-electron chi connectivity index (χ2n) is 6.29. The molecule has 8 nitrogen and oxygen atoms in total. The zero-order chi connectivity index (χ0) is 22.1. The topological polar surface area (TPSA) is 97.0 Å². The number of nitrogens with one attached hydrogen (secondary N) is 2. The molecule has 0 fully saturated rings. The van der Waals surface area contributed by atoms with Crippen LogP contribution < -0.4 is 15.4 Å². The zero-order valence-electron chi connectivity index (χ0n) is 17.0. The Morgan fingerprint density at radius 1 is 1.10 bits per heavy atom. The Hall–Kier alpha value is -2.53. The summed E-state index contributed by atoms with van der Waals surface area (Å²) in [4.78, 5) is 12.6. The Morgan fingerprint density at radius 3 is 2.43 bits per heavy atom. The molecule has 0 unspecified atom stereocenters. The van der Waals surface area contributed by atoms with Crippen LogP contribution in [0.25, 0.3) is 0 Å². The van der Waals surface area contributed by atoms with Crippen molar-refractivity contribution >= 4 is 38.9 Å². The van der Waals surface area contributed by atoms with Crippen molar-refractivity contribution in [3.63, 3.8) is 0 Å². The molecule has 0 saturated heterocycles. The van der Waals surface area contributed by atoms with Crippen LogP contribution in [0.2, 0.25) is 0 Å². The lowest BCUT2D eigenvalue weighted by molar-refractivity contribution is 0.0976. The molecule has 2 N–H and O–H groups in total. The number of hydrogen-bond acceptors (Lipinski definition) is 6. The van der Waals surface area contributed by atoms with Crippen molar-refractivity contribution in [1.82, 2.24) is 9.62 Å². The first-order chi connectivity index (χ1) is 14.2. The fourth-order valence-corrected chi connectivity index (χ4v) is 3.46. The van der Waals surface area contributed by atoms with Crippen molar-refractivity contribution in [1.29, 1.82) is 0 Å². The summed E-state index contributed by atoms with van der Waals surface area (Å²) in [6.45, 7) is 3.38.